The van der Waals surface area contributed by atoms with E-state index >= 15 is 0 Å². The van der Waals surface area contributed by atoms with Crippen LogP contribution in [0.1, 0.15) is 6.42 Å². The van der Waals surface area contributed by atoms with Crippen molar-refractivity contribution >= 4 is 11.7 Å². The second-order valence-corrected chi connectivity index (χ2v) is 5.79. The molecule has 2 fully saturated rings. The number of piperazine rings is 1. The van der Waals surface area contributed by atoms with E-state index < -0.39 is 0 Å². The molecule has 1 atom stereocenters. The van der Waals surface area contributed by atoms with Crippen LogP contribution in [-0.2, 0) is 0 Å². The zero-order chi connectivity index (χ0) is 15.4. The Morgan fingerprint density at radius 2 is 1.86 bits per heavy atom. The van der Waals surface area contributed by atoms with Crippen LogP contribution in [0.2, 0.25) is 0 Å². The van der Waals surface area contributed by atoms with Gasteiger partial charge in [0.05, 0.1) is 6.04 Å². The maximum Gasteiger partial charge on any atom is 0.317 e. The highest BCUT2D eigenvalue weighted by molar-refractivity contribution is 5.75. The van der Waals surface area contributed by atoms with Crippen molar-refractivity contribution in [1.29, 1.82) is 5.26 Å². The molecule has 0 radical (unpaired) electrons. The summed E-state index contributed by atoms with van der Waals surface area (Å²) in [5.74, 6) is 0. The molecule has 1 aromatic carbocycles. The standard InChI is InChI=1S/C16H21N5O/c17-13-19-7-6-14(12-19)18-16(22)21-10-8-20(9-11-21)15-4-2-1-3-5-15/h1-5,14H,6-12H2,(H,18,22)/t14-/m1/s1. The Morgan fingerprint density at radius 3 is 2.50 bits per heavy atom. The normalized spacial score (nSPS) is 21.6. The van der Waals surface area contributed by atoms with Gasteiger partial charge in [0.25, 0.3) is 0 Å². The van der Waals surface area contributed by atoms with E-state index in [0.29, 0.717) is 6.54 Å². The first-order valence-corrected chi connectivity index (χ1v) is 7.76. The lowest BCUT2D eigenvalue weighted by atomic mass is 10.2. The molecule has 6 nitrogen and oxygen atoms in total. The first-order valence-electron chi connectivity index (χ1n) is 7.76. The van der Waals surface area contributed by atoms with Crippen molar-refractivity contribution < 1.29 is 4.79 Å². The van der Waals surface area contributed by atoms with Crippen molar-refractivity contribution in [2.75, 3.05) is 44.2 Å². The number of para-hydroxylation sites is 1. The molecule has 0 aromatic heterocycles. The summed E-state index contributed by atoms with van der Waals surface area (Å²) in [5.41, 5.74) is 1.21. The molecule has 0 bridgehead atoms. The van der Waals surface area contributed by atoms with E-state index in [0.717, 1.165) is 39.1 Å². The number of carbonyl (C=O) groups excluding carboxylic acids is 1. The number of amides is 2. The Kier molecular flexibility index (Phi) is 4.33. The van der Waals surface area contributed by atoms with Crippen LogP contribution in [0.3, 0.4) is 0 Å². The third-order valence-corrected chi connectivity index (χ3v) is 4.35. The molecule has 2 heterocycles. The van der Waals surface area contributed by atoms with Crippen LogP contribution in [0, 0.1) is 11.5 Å². The van der Waals surface area contributed by atoms with Crippen molar-refractivity contribution in [3.05, 3.63) is 30.3 Å². The van der Waals surface area contributed by atoms with Crippen molar-refractivity contribution in [1.82, 2.24) is 15.1 Å². The lowest BCUT2D eigenvalue weighted by Crippen LogP contribution is -2.53. The lowest BCUT2D eigenvalue weighted by Gasteiger charge is -2.36. The molecule has 2 aliphatic rings. The molecule has 0 spiro atoms. The quantitative estimate of drug-likeness (QED) is 0.830. The second kappa shape index (κ2) is 6.56. The summed E-state index contributed by atoms with van der Waals surface area (Å²) in [7, 11) is 0. The minimum absolute atomic E-state index is 0.00231. The number of nitriles is 1. The molecule has 2 aliphatic heterocycles. The van der Waals surface area contributed by atoms with Gasteiger partial charge in [-0.1, -0.05) is 18.2 Å². The smallest absolute Gasteiger partial charge is 0.317 e. The minimum Gasteiger partial charge on any atom is -0.368 e. The number of urea groups is 1. The van der Waals surface area contributed by atoms with E-state index in [-0.39, 0.29) is 12.1 Å². The highest BCUT2D eigenvalue weighted by Gasteiger charge is 2.26. The van der Waals surface area contributed by atoms with Gasteiger partial charge in [-0.25, -0.2) is 4.79 Å². The van der Waals surface area contributed by atoms with Gasteiger partial charge in [0, 0.05) is 45.0 Å². The maximum absolute atomic E-state index is 12.3. The number of rotatable bonds is 2. The summed E-state index contributed by atoms with van der Waals surface area (Å²) >= 11 is 0. The molecule has 2 saturated heterocycles. The van der Waals surface area contributed by atoms with Crippen molar-refractivity contribution in [2.24, 2.45) is 0 Å². The fourth-order valence-electron chi connectivity index (χ4n) is 3.04. The number of nitrogens with zero attached hydrogens (tertiary/aromatic N) is 4. The largest absolute Gasteiger partial charge is 0.368 e. The van der Waals surface area contributed by atoms with Gasteiger partial charge >= 0.3 is 6.03 Å². The first-order chi connectivity index (χ1) is 10.8. The van der Waals surface area contributed by atoms with Crippen LogP contribution in [0.5, 0.6) is 0 Å². The summed E-state index contributed by atoms with van der Waals surface area (Å²) in [4.78, 5) is 18.2. The van der Waals surface area contributed by atoms with Crippen LogP contribution < -0.4 is 10.2 Å². The molecule has 22 heavy (non-hydrogen) atoms. The Bertz CT molecular complexity index is 547. The number of hydrogen-bond donors (Lipinski definition) is 1. The molecule has 116 valence electrons. The summed E-state index contributed by atoms with van der Waals surface area (Å²) < 4.78 is 0. The molecular weight excluding hydrogens is 278 g/mol. The summed E-state index contributed by atoms with van der Waals surface area (Å²) in [6.45, 7) is 4.54. The average molecular weight is 299 g/mol. The Hall–Kier alpha value is -2.42. The molecule has 0 aliphatic carbocycles. The molecule has 0 unspecified atom stereocenters. The molecule has 6 heteroatoms. The van der Waals surface area contributed by atoms with Gasteiger partial charge < -0.3 is 20.0 Å². The fraction of sp³-hybridized carbons (Fsp3) is 0.500. The molecule has 1 aromatic rings. The van der Waals surface area contributed by atoms with E-state index in [1.807, 2.05) is 23.1 Å². The first kappa shape index (κ1) is 14.5. The topological polar surface area (TPSA) is 62.6 Å². The van der Waals surface area contributed by atoms with Crippen LogP contribution in [-0.4, -0.2) is 61.1 Å². The molecular formula is C16H21N5O. The molecule has 1 N–H and O–H groups in total. The minimum atomic E-state index is -0.00231. The predicted molar refractivity (Wildman–Crippen MR) is 84.4 cm³/mol. The molecule has 0 saturated carbocycles. The van der Waals surface area contributed by atoms with Gasteiger partial charge in [0.2, 0.25) is 0 Å². The maximum atomic E-state index is 12.3. The van der Waals surface area contributed by atoms with Gasteiger partial charge in [-0.15, -0.1) is 0 Å². The van der Waals surface area contributed by atoms with Crippen LogP contribution in [0.15, 0.2) is 30.3 Å². The van der Waals surface area contributed by atoms with Crippen molar-refractivity contribution in [3.8, 4) is 6.19 Å². The molecule has 3 rings (SSSR count). The fourth-order valence-corrected chi connectivity index (χ4v) is 3.04. The number of nitrogens with one attached hydrogen (secondary N) is 1. The predicted octanol–water partition coefficient (Wildman–Crippen LogP) is 1.07. The number of carbonyl (C=O) groups is 1. The number of likely N-dealkylation sites (tertiary alicyclic amines) is 1. The average Bonchev–Trinajstić information content (AvgIpc) is 3.03. The summed E-state index contributed by atoms with van der Waals surface area (Å²) in [6, 6.07) is 10.4. The summed E-state index contributed by atoms with van der Waals surface area (Å²) in [5, 5.41) is 11.9. The monoisotopic (exact) mass is 299 g/mol. The van der Waals surface area contributed by atoms with Gasteiger partial charge in [-0.2, -0.15) is 5.26 Å². The zero-order valence-corrected chi connectivity index (χ0v) is 12.6. The Labute approximate surface area is 130 Å². The van der Waals surface area contributed by atoms with E-state index in [2.05, 4.69) is 28.5 Å². The number of anilines is 1. The van der Waals surface area contributed by atoms with Crippen molar-refractivity contribution in [2.45, 2.75) is 12.5 Å². The number of benzene rings is 1. The zero-order valence-electron chi connectivity index (χ0n) is 12.6. The van der Waals surface area contributed by atoms with Gasteiger partial charge in [0.15, 0.2) is 6.19 Å². The van der Waals surface area contributed by atoms with E-state index in [1.165, 1.54) is 5.69 Å². The third kappa shape index (κ3) is 3.25. The van der Waals surface area contributed by atoms with E-state index in [1.54, 1.807) is 4.90 Å². The Morgan fingerprint density at radius 1 is 1.14 bits per heavy atom. The number of hydrogen-bond acceptors (Lipinski definition) is 4. The van der Waals surface area contributed by atoms with Gasteiger partial charge in [0.1, 0.15) is 0 Å². The van der Waals surface area contributed by atoms with Crippen LogP contribution in [0.25, 0.3) is 0 Å². The van der Waals surface area contributed by atoms with Gasteiger partial charge in [-0.3, -0.25) is 0 Å². The highest BCUT2D eigenvalue weighted by atomic mass is 16.2. The van der Waals surface area contributed by atoms with Gasteiger partial charge in [-0.05, 0) is 18.6 Å². The second-order valence-electron chi connectivity index (χ2n) is 5.79. The summed E-state index contributed by atoms with van der Waals surface area (Å²) in [6.07, 6.45) is 2.98. The van der Waals surface area contributed by atoms with Crippen LogP contribution >= 0.6 is 0 Å². The van der Waals surface area contributed by atoms with Crippen LogP contribution in [0.4, 0.5) is 10.5 Å². The van der Waals surface area contributed by atoms with E-state index in [9.17, 15) is 4.79 Å². The lowest BCUT2D eigenvalue weighted by molar-refractivity contribution is 0.190. The molecule has 2 amide bonds. The van der Waals surface area contributed by atoms with Crippen molar-refractivity contribution in [3.63, 3.8) is 0 Å². The SMILES string of the molecule is N#CN1CC[C@@H](NC(=O)N2CCN(c3ccccc3)CC2)C1. The Balaban J connectivity index is 1.47. The third-order valence-electron chi connectivity index (χ3n) is 4.35. The highest BCUT2D eigenvalue weighted by Crippen LogP contribution is 2.16. The van der Waals surface area contributed by atoms with E-state index in [4.69, 9.17) is 5.26 Å².